The Bertz CT molecular complexity index is 101. The number of rotatable bonds is 5. The average Bonchev–Trinajstić information content (AvgIpc) is 1.88. The van der Waals surface area contributed by atoms with Crippen molar-refractivity contribution in [3.63, 3.8) is 0 Å². The van der Waals surface area contributed by atoms with E-state index in [-0.39, 0.29) is 5.03 Å². The number of aliphatic hydroxyl groups excluding tert-OH is 1. The van der Waals surface area contributed by atoms with Crippen molar-refractivity contribution >= 4 is 11.6 Å². The van der Waals surface area contributed by atoms with E-state index in [1.807, 2.05) is 0 Å². The van der Waals surface area contributed by atoms with Gasteiger partial charge in [-0.3, -0.25) is 0 Å². The lowest BCUT2D eigenvalue weighted by atomic mass is 10.1. The standard InChI is InChI=1S/C8H14ClO/c1-3-4-5-6-8(10)7(2)9/h2,8,10H,3-6H2,1H3. The van der Waals surface area contributed by atoms with Crippen LogP contribution >= 0.6 is 11.6 Å². The summed E-state index contributed by atoms with van der Waals surface area (Å²) in [4.78, 5) is 0. The third-order valence-corrected chi connectivity index (χ3v) is 1.65. The predicted octanol–water partition coefficient (Wildman–Crippen LogP) is 2.48. The van der Waals surface area contributed by atoms with Gasteiger partial charge in [-0.1, -0.05) is 37.8 Å². The molecule has 1 unspecified atom stereocenters. The third-order valence-electron chi connectivity index (χ3n) is 1.40. The Balaban J connectivity index is 3.21. The van der Waals surface area contributed by atoms with Gasteiger partial charge in [0.25, 0.3) is 0 Å². The zero-order valence-corrected chi connectivity index (χ0v) is 7.06. The minimum Gasteiger partial charge on any atom is -0.388 e. The topological polar surface area (TPSA) is 20.2 Å². The van der Waals surface area contributed by atoms with Crippen molar-refractivity contribution in [2.24, 2.45) is 0 Å². The summed E-state index contributed by atoms with van der Waals surface area (Å²) in [6.45, 7) is 7.26. The first-order valence-electron chi connectivity index (χ1n) is 3.64. The molecule has 0 rings (SSSR count). The molecular formula is C8H14ClO. The normalized spacial score (nSPS) is 13.1. The van der Waals surface area contributed by atoms with E-state index < -0.39 is 6.10 Å². The SMILES string of the molecule is [CH]=C(Cl)C(O)CCCCC. The summed E-state index contributed by atoms with van der Waals surface area (Å²) < 4.78 is 0. The summed E-state index contributed by atoms with van der Waals surface area (Å²) in [5.74, 6) is 0. The van der Waals surface area contributed by atoms with Crippen LogP contribution in [0.2, 0.25) is 0 Å². The molecule has 1 N–H and O–H groups in total. The van der Waals surface area contributed by atoms with Gasteiger partial charge in [-0.25, -0.2) is 0 Å². The largest absolute Gasteiger partial charge is 0.388 e. The van der Waals surface area contributed by atoms with Crippen LogP contribution in [0.3, 0.4) is 0 Å². The highest BCUT2D eigenvalue weighted by Gasteiger charge is 2.04. The second-order valence-corrected chi connectivity index (χ2v) is 2.83. The molecule has 0 aliphatic heterocycles. The Hall–Kier alpha value is -0.0100. The average molecular weight is 162 g/mol. The molecule has 0 bridgehead atoms. The van der Waals surface area contributed by atoms with Crippen molar-refractivity contribution < 1.29 is 5.11 Å². The number of aliphatic hydroxyl groups is 1. The molecule has 1 atom stereocenters. The van der Waals surface area contributed by atoms with Gasteiger partial charge in [-0.2, -0.15) is 0 Å². The Morgan fingerprint density at radius 3 is 2.60 bits per heavy atom. The predicted molar refractivity (Wildman–Crippen MR) is 43.8 cm³/mol. The minimum absolute atomic E-state index is 0.108. The molecule has 59 valence electrons. The summed E-state index contributed by atoms with van der Waals surface area (Å²) in [6.07, 6.45) is 3.33. The molecule has 0 saturated heterocycles. The van der Waals surface area contributed by atoms with Gasteiger partial charge in [0.1, 0.15) is 0 Å². The molecule has 0 aromatic rings. The fourth-order valence-electron chi connectivity index (χ4n) is 0.726. The highest BCUT2D eigenvalue weighted by molar-refractivity contribution is 6.29. The number of hydrogen-bond acceptors (Lipinski definition) is 1. The van der Waals surface area contributed by atoms with Crippen molar-refractivity contribution in [2.45, 2.75) is 38.7 Å². The second kappa shape index (κ2) is 5.75. The quantitative estimate of drug-likeness (QED) is 0.615. The van der Waals surface area contributed by atoms with Gasteiger partial charge in [0.05, 0.1) is 6.10 Å². The van der Waals surface area contributed by atoms with Crippen LogP contribution in [0.5, 0.6) is 0 Å². The van der Waals surface area contributed by atoms with E-state index in [4.69, 9.17) is 23.3 Å². The maximum Gasteiger partial charge on any atom is 0.0895 e. The Kier molecular flexibility index (Phi) is 5.74. The Morgan fingerprint density at radius 1 is 1.60 bits per heavy atom. The highest BCUT2D eigenvalue weighted by atomic mass is 35.5. The van der Waals surface area contributed by atoms with E-state index in [9.17, 15) is 0 Å². The summed E-state index contributed by atoms with van der Waals surface area (Å²) >= 11 is 5.35. The lowest BCUT2D eigenvalue weighted by Gasteiger charge is -2.06. The molecule has 2 heteroatoms. The fourth-order valence-corrected chi connectivity index (χ4v) is 0.835. The van der Waals surface area contributed by atoms with Crippen molar-refractivity contribution in [3.8, 4) is 0 Å². The van der Waals surface area contributed by atoms with Gasteiger partial charge in [0.2, 0.25) is 0 Å². The van der Waals surface area contributed by atoms with Crippen LogP contribution in [0, 0.1) is 6.58 Å². The van der Waals surface area contributed by atoms with Crippen molar-refractivity contribution in [1.82, 2.24) is 0 Å². The highest BCUT2D eigenvalue weighted by Crippen LogP contribution is 2.11. The fraction of sp³-hybridized carbons (Fsp3) is 0.750. The molecule has 0 saturated carbocycles. The van der Waals surface area contributed by atoms with E-state index >= 15 is 0 Å². The number of unbranched alkanes of at least 4 members (excludes halogenated alkanes) is 2. The first-order valence-corrected chi connectivity index (χ1v) is 4.02. The van der Waals surface area contributed by atoms with Crippen LogP contribution in [-0.2, 0) is 0 Å². The van der Waals surface area contributed by atoms with E-state index in [0.29, 0.717) is 6.42 Å². The molecule has 0 spiro atoms. The summed E-state index contributed by atoms with van der Waals surface area (Å²) in [6, 6.07) is 0. The third kappa shape index (κ3) is 4.83. The van der Waals surface area contributed by atoms with Gasteiger partial charge in [-0.15, -0.1) is 0 Å². The van der Waals surface area contributed by atoms with Gasteiger partial charge in [-0.05, 0) is 13.0 Å². The molecule has 0 aliphatic rings. The monoisotopic (exact) mass is 161 g/mol. The molecule has 0 amide bonds. The Labute approximate surface area is 67.7 Å². The van der Waals surface area contributed by atoms with Crippen LogP contribution in [0.1, 0.15) is 32.6 Å². The minimum atomic E-state index is -0.617. The number of halogens is 1. The first-order chi connectivity index (χ1) is 4.68. The lowest BCUT2D eigenvalue weighted by molar-refractivity contribution is 0.204. The smallest absolute Gasteiger partial charge is 0.0895 e. The molecular weight excluding hydrogens is 148 g/mol. The maximum atomic E-state index is 9.06. The van der Waals surface area contributed by atoms with E-state index in [1.165, 1.54) is 0 Å². The molecule has 0 aromatic heterocycles. The van der Waals surface area contributed by atoms with Crippen LogP contribution in [0.15, 0.2) is 5.03 Å². The maximum absolute atomic E-state index is 9.06. The van der Waals surface area contributed by atoms with Crippen molar-refractivity contribution in [3.05, 3.63) is 11.6 Å². The van der Waals surface area contributed by atoms with Crippen LogP contribution in [-0.4, -0.2) is 11.2 Å². The zero-order valence-electron chi connectivity index (χ0n) is 6.31. The lowest BCUT2D eigenvalue weighted by Crippen LogP contribution is -2.04. The molecule has 0 aromatic carbocycles. The first kappa shape index (κ1) is 9.99. The van der Waals surface area contributed by atoms with E-state index in [1.54, 1.807) is 0 Å². The molecule has 0 fully saturated rings. The molecule has 1 nitrogen and oxygen atoms in total. The van der Waals surface area contributed by atoms with Crippen molar-refractivity contribution in [1.29, 1.82) is 0 Å². The van der Waals surface area contributed by atoms with Gasteiger partial charge < -0.3 is 5.11 Å². The second-order valence-electron chi connectivity index (χ2n) is 2.40. The molecule has 1 radical (unpaired) electrons. The summed E-state index contributed by atoms with van der Waals surface area (Å²) in [7, 11) is 0. The molecule has 0 heterocycles. The van der Waals surface area contributed by atoms with E-state index in [0.717, 1.165) is 19.3 Å². The molecule has 10 heavy (non-hydrogen) atoms. The van der Waals surface area contributed by atoms with Crippen LogP contribution in [0.25, 0.3) is 0 Å². The summed E-state index contributed by atoms with van der Waals surface area (Å²) in [5, 5.41) is 9.17. The Morgan fingerprint density at radius 2 is 2.20 bits per heavy atom. The van der Waals surface area contributed by atoms with Crippen LogP contribution in [0.4, 0.5) is 0 Å². The van der Waals surface area contributed by atoms with Crippen molar-refractivity contribution in [2.75, 3.05) is 0 Å². The number of hydrogen-bond donors (Lipinski definition) is 1. The molecule has 0 aliphatic carbocycles. The van der Waals surface area contributed by atoms with E-state index in [2.05, 4.69) is 6.92 Å². The van der Waals surface area contributed by atoms with Gasteiger partial charge in [0.15, 0.2) is 0 Å². The summed E-state index contributed by atoms with van der Waals surface area (Å²) in [5.41, 5.74) is 0. The van der Waals surface area contributed by atoms with Crippen LogP contribution < -0.4 is 0 Å². The van der Waals surface area contributed by atoms with Gasteiger partial charge in [0, 0.05) is 5.03 Å². The van der Waals surface area contributed by atoms with Gasteiger partial charge >= 0.3 is 0 Å². The zero-order chi connectivity index (χ0) is 7.98.